The van der Waals surface area contributed by atoms with Crippen LogP contribution in [0.1, 0.15) is 17.3 Å². The molecule has 0 atom stereocenters. The van der Waals surface area contributed by atoms with Crippen LogP contribution in [0, 0.1) is 11.6 Å². The fourth-order valence-corrected chi connectivity index (χ4v) is 3.22. The van der Waals surface area contributed by atoms with Crippen molar-refractivity contribution in [2.24, 2.45) is 5.73 Å². The fourth-order valence-electron chi connectivity index (χ4n) is 2.42. The van der Waals surface area contributed by atoms with Crippen LogP contribution in [-0.2, 0) is 11.3 Å². The lowest BCUT2D eigenvalue weighted by atomic mass is 10.1. The molecule has 28 heavy (non-hydrogen) atoms. The molecule has 8 nitrogen and oxygen atoms in total. The van der Waals surface area contributed by atoms with Crippen molar-refractivity contribution in [3.8, 4) is 11.6 Å². The van der Waals surface area contributed by atoms with Gasteiger partial charge in [0.15, 0.2) is 16.7 Å². The number of carbonyl (C=O) groups excluding carboxylic acids is 2. The fraction of sp³-hybridized carbons (Fsp3) is 0.176. The minimum absolute atomic E-state index is 0.112. The summed E-state index contributed by atoms with van der Waals surface area (Å²) >= 11 is 1.08. The van der Waals surface area contributed by atoms with E-state index in [4.69, 9.17) is 10.2 Å². The molecule has 0 unspecified atom stereocenters. The number of benzene rings is 1. The maximum absolute atomic E-state index is 13.8. The first-order valence-corrected chi connectivity index (χ1v) is 9.07. The van der Waals surface area contributed by atoms with E-state index < -0.39 is 29.0 Å². The normalized spacial score (nSPS) is 10.8. The number of nitrogens with zero attached hydrogens (tertiary/aromatic N) is 3. The molecule has 11 heteroatoms. The highest BCUT2D eigenvalue weighted by Gasteiger charge is 2.18. The summed E-state index contributed by atoms with van der Waals surface area (Å²) in [5.74, 6) is -2.81. The summed E-state index contributed by atoms with van der Waals surface area (Å²) in [5, 5.41) is 10.9. The Morgan fingerprint density at radius 2 is 2.07 bits per heavy atom. The number of nitrogens with two attached hydrogens (primary N) is 1. The van der Waals surface area contributed by atoms with Gasteiger partial charge in [0.05, 0.1) is 23.3 Å². The second-order valence-electron chi connectivity index (χ2n) is 5.54. The zero-order valence-electron chi connectivity index (χ0n) is 14.6. The Bertz CT molecular complexity index is 1020. The number of carbonyl (C=O) groups is 2. The van der Waals surface area contributed by atoms with Gasteiger partial charge in [-0.05, 0) is 25.1 Å². The zero-order chi connectivity index (χ0) is 20.3. The molecule has 0 aliphatic carbocycles. The van der Waals surface area contributed by atoms with E-state index >= 15 is 0 Å². The molecule has 2 aromatic heterocycles. The third kappa shape index (κ3) is 4.03. The van der Waals surface area contributed by atoms with E-state index in [1.807, 2.05) is 6.92 Å². The summed E-state index contributed by atoms with van der Waals surface area (Å²) < 4.78 is 34.4. The summed E-state index contributed by atoms with van der Waals surface area (Å²) in [4.78, 5) is 23.3. The van der Waals surface area contributed by atoms with Gasteiger partial charge in [0.2, 0.25) is 5.91 Å². The molecule has 0 fully saturated rings. The Morgan fingerprint density at radius 3 is 2.71 bits per heavy atom. The molecule has 3 aromatic rings. The number of hydrogen-bond donors (Lipinski definition) is 2. The number of hydrogen-bond acceptors (Lipinski definition) is 6. The molecule has 3 rings (SSSR count). The molecule has 0 aliphatic heterocycles. The SMILES string of the molecule is CCn1c(SCC(=O)Nc2cc(C(N)=O)c(F)cc2F)nnc1-c1ccco1. The lowest BCUT2D eigenvalue weighted by Crippen LogP contribution is -2.18. The van der Waals surface area contributed by atoms with Crippen LogP contribution in [0.4, 0.5) is 14.5 Å². The molecule has 146 valence electrons. The molecule has 2 heterocycles. The molecule has 3 N–H and O–H groups in total. The van der Waals surface area contributed by atoms with E-state index in [-0.39, 0.29) is 11.4 Å². The first-order chi connectivity index (χ1) is 13.4. The van der Waals surface area contributed by atoms with E-state index in [2.05, 4.69) is 15.5 Å². The van der Waals surface area contributed by atoms with Crippen LogP contribution in [-0.4, -0.2) is 32.3 Å². The van der Waals surface area contributed by atoms with Crippen molar-refractivity contribution in [1.29, 1.82) is 0 Å². The average Bonchev–Trinajstić information content (AvgIpc) is 3.30. The summed E-state index contributed by atoms with van der Waals surface area (Å²) in [6, 6.07) is 4.82. The van der Waals surface area contributed by atoms with Crippen LogP contribution in [0.15, 0.2) is 40.1 Å². The first-order valence-electron chi connectivity index (χ1n) is 8.09. The Hall–Kier alpha value is -3.21. The van der Waals surface area contributed by atoms with E-state index in [0.717, 1.165) is 17.8 Å². The van der Waals surface area contributed by atoms with Crippen LogP contribution in [0.3, 0.4) is 0 Å². The molecule has 0 spiro atoms. The Labute approximate surface area is 162 Å². The van der Waals surface area contributed by atoms with Crippen molar-refractivity contribution in [2.75, 3.05) is 11.1 Å². The van der Waals surface area contributed by atoms with Crippen molar-refractivity contribution >= 4 is 29.3 Å². The van der Waals surface area contributed by atoms with Crippen molar-refractivity contribution in [1.82, 2.24) is 14.8 Å². The van der Waals surface area contributed by atoms with Gasteiger partial charge in [0, 0.05) is 12.6 Å². The van der Waals surface area contributed by atoms with Crippen LogP contribution < -0.4 is 11.1 Å². The van der Waals surface area contributed by atoms with Crippen LogP contribution in [0.2, 0.25) is 0 Å². The summed E-state index contributed by atoms with van der Waals surface area (Å²) in [5.41, 5.74) is 4.18. The van der Waals surface area contributed by atoms with Crippen LogP contribution in [0.5, 0.6) is 0 Å². The van der Waals surface area contributed by atoms with Gasteiger partial charge in [-0.3, -0.25) is 14.2 Å². The highest BCUT2D eigenvalue weighted by atomic mass is 32.2. The number of furan rings is 1. The van der Waals surface area contributed by atoms with Gasteiger partial charge in [-0.2, -0.15) is 0 Å². The number of nitrogens with one attached hydrogen (secondary N) is 1. The molecule has 0 radical (unpaired) electrons. The molecule has 0 saturated carbocycles. The summed E-state index contributed by atoms with van der Waals surface area (Å²) in [6.07, 6.45) is 1.52. The highest BCUT2D eigenvalue weighted by molar-refractivity contribution is 7.99. The lowest BCUT2D eigenvalue weighted by Gasteiger charge is -2.09. The molecule has 0 bridgehead atoms. The Kier molecular flexibility index (Phi) is 5.73. The van der Waals surface area contributed by atoms with E-state index in [1.165, 1.54) is 6.26 Å². The van der Waals surface area contributed by atoms with E-state index in [1.54, 1.807) is 16.7 Å². The van der Waals surface area contributed by atoms with Gasteiger partial charge in [0.1, 0.15) is 11.6 Å². The van der Waals surface area contributed by atoms with Crippen molar-refractivity contribution in [3.63, 3.8) is 0 Å². The topological polar surface area (TPSA) is 116 Å². The number of primary amides is 1. The van der Waals surface area contributed by atoms with Crippen LogP contribution in [0.25, 0.3) is 11.6 Å². The molecular weight excluding hydrogens is 392 g/mol. The smallest absolute Gasteiger partial charge is 0.251 e. The molecule has 2 amide bonds. The van der Waals surface area contributed by atoms with Gasteiger partial charge >= 0.3 is 0 Å². The second kappa shape index (κ2) is 8.21. The third-order valence-corrected chi connectivity index (χ3v) is 4.67. The summed E-state index contributed by atoms with van der Waals surface area (Å²) in [6.45, 7) is 2.43. The monoisotopic (exact) mass is 407 g/mol. The zero-order valence-corrected chi connectivity index (χ0v) is 15.4. The third-order valence-electron chi connectivity index (χ3n) is 3.70. The maximum atomic E-state index is 13.8. The number of thioether (sulfide) groups is 1. The molecule has 1 aromatic carbocycles. The standard InChI is InChI=1S/C17H15F2N5O3S/c1-2-24-16(13-4-3-5-27-13)22-23-17(24)28-8-14(25)21-12-6-9(15(20)26)10(18)7-11(12)19/h3-7H,2,8H2,1H3,(H2,20,26)(H,21,25). The van der Waals surface area contributed by atoms with Crippen LogP contribution >= 0.6 is 11.8 Å². The molecular formula is C17H15F2N5O3S. The number of rotatable bonds is 7. The highest BCUT2D eigenvalue weighted by Crippen LogP contribution is 2.25. The number of aromatic nitrogens is 3. The second-order valence-corrected chi connectivity index (χ2v) is 6.48. The number of halogens is 2. The van der Waals surface area contributed by atoms with Crippen molar-refractivity contribution in [2.45, 2.75) is 18.6 Å². The van der Waals surface area contributed by atoms with Gasteiger partial charge in [-0.1, -0.05) is 11.8 Å². The summed E-state index contributed by atoms with van der Waals surface area (Å²) in [7, 11) is 0. The van der Waals surface area contributed by atoms with Crippen molar-refractivity contribution < 1.29 is 22.8 Å². The van der Waals surface area contributed by atoms with E-state index in [0.29, 0.717) is 29.4 Å². The number of amides is 2. The maximum Gasteiger partial charge on any atom is 0.251 e. The molecule has 0 aliphatic rings. The minimum atomic E-state index is -1.10. The predicted octanol–water partition coefficient (Wildman–Crippen LogP) is 2.67. The van der Waals surface area contributed by atoms with Gasteiger partial charge in [-0.15, -0.1) is 10.2 Å². The minimum Gasteiger partial charge on any atom is -0.461 e. The van der Waals surface area contributed by atoms with Gasteiger partial charge in [-0.25, -0.2) is 8.78 Å². The molecule has 0 saturated heterocycles. The van der Waals surface area contributed by atoms with Gasteiger partial charge < -0.3 is 15.5 Å². The van der Waals surface area contributed by atoms with Crippen molar-refractivity contribution in [3.05, 3.63) is 47.7 Å². The average molecular weight is 407 g/mol. The number of anilines is 1. The Balaban J connectivity index is 1.70. The first kappa shape index (κ1) is 19.5. The van der Waals surface area contributed by atoms with E-state index in [9.17, 15) is 18.4 Å². The lowest BCUT2D eigenvalue weighted by molar-refractivity contribution is -0.113. The predicted molar refractivity (Wildman–Crippen MR) is 97.6 cm³/mol. The quantitative estimate of drug-likeness (QED) is 0.582. The Morgan fingerprint density at radius 1 is 1.29 bits per heavy atom. The largest absolute Gasteiger partial charge is 0.461 e. The van der Waals surface area contributed by atoms with Gasteiger partial charge in [0.25, 0.3) is 5.91 Å².